The van der Waals surface area contributed by atoms with E-state index in [1.54, 1.807) is 12.1 Å². The molecule has 0 unspecified atom stereocenters. The van der Waals surface area contributed by atoms with Gasteiger partial charge in [0.2, 0.25) is 0 Å². The van der Waals surface area contributed by atoms with Crippen molar-refractivity contribution in [2.75, 3.05) is 5.32 Å². The highest BCUT2D eigenvalue weighted by molar-refractivity contribution is 9.11. The molecule has 3 rings (SSSR count). The molecule has 1 fully saturated rings. The van der Waals surface area contributed by atoms with Crippen LogP contribution >= 0.6 is 27.3 Å². The van der Waals surface area contributed by atoms with E-state index in [0.29, 0.717) is 18.3 Å². The van der Waals surface area contributed by atoms with Crippen LogP contribution in [0.15, 0.2) is 34.1 Å². The highest BCUT2D eigenvalue weighted by atomic mass is 79.9. The molecule has 1 aliphatic rings. The van der Waals surface area contributed by atoms with Crippen LogP contribution in [0, 0.1) is 10.1 Å². The number of anilines is 1. The number of amides is 1. The van der Waals surface area contributed by atoms with Gasteiger partial charge in [-0.15, -0.1) is 11.3 Å². The second kappa shape index (κ2) is 6.67. The molecule has 23 heavy (non-hydrogen) atoms. The fraction of sp³-hybridized carbons (Fsp3) is 0.267. The van der Waals surface area contributed by atoms with Gasteiger partial charge in [0.15, 0.2) is 0 Å². The molecule has 0 spiro atoms. The fourth-order valence-corrected chi connectivity index (χ4v) is 3.53. The summed E-state index contributed by atoms with van der Waals surface area (Å²) in [7, 11) is 0. The highest BCUT2D eigenvalue weighted by Crippen LogP contribution is 2.31. The van der Waals surface area contributed by atoms with E-state index in [1.807, 2.05) is 12.1 Å². The number of nitrogens with one attached hydrogen (secondary N) is 2. The summed E-state index contributed by atoms with van der Waals surface area (Å²) in [5.74, 6) is -0.324. The zero-order valence-corrected chi connectivity index (χ0v) is 14.4. The van der Waals surface area contributed by atoms with E-state index in [0.717, 1.165) is 21.5 Å². The summed E-state index contributed by atoms with van der Waals surface area (Å²) >= 11 is 4.90. The Hall–Kier alpha value is -1.93. The second-order valence-corrected chi connectivity index (χ2v) is 7.84. The molecule has 1 aliphatic carbocycles. The fourth-order valence-electron chi connectivity index (χ4n) is 2.11. The number of hydrogen-bond donors (Lipinski definition) is 2. The minimum Gasteiger partial charge on any atom is -0.377 e. The third-order valence-corrected chi connectivity index (χ3v) is 5.07. The standard InChI is InChI=1S/C15H14BrN3O3S/c16-14-6-4-11(23-14)8-17-15(20)9-1-5-12(18-10-2-3-10)13(7-9)19(21)22/h1,4-7,10,18H,2-3,8H2,(H,17,20). The van der Waals surface area contributed by atoms with Crippen molar-refractivity contribution in [3.8, 4) is 0 Å². The summed E-state index contributed by atoms with van der Waals surface area (Å²) in [6, 6.07) is 8.68. The van der Waals surface area contributed by atoms with E-state index in [4.69, 9.17) is 0 Å². The Morgan fingerprint density at radius 3 is 2.74 bits per heavy atom. The predicted molar refractivity (Wildman–Crippen MR) is 92.9 cm³/mol. The van der Waals surface area contributed by atoms with E-state index in [2.05, 4.69) is 26.6 Å². The molecule has 0 bridgehead atoms. The quantitative estimate of drug-likeness (QED) is 0.573. The molecule has 1 saturated carbocycles. The van der Waals surface area contributed by atoms with Gasteiger partial charge >= 0.3 is 0 Å². The molecule has 120 valence electrons. The third kappa shape index (κ3) is 4.08. The van der Waals surface area contributed by atoms with Gasteiger partial charge in [-0.2, -0.15) is 0 Å². The maximum Gasteiger partial charge on any atom is 0.293 e. The first-order valence-corrected chi connectivity index (χ1v) is 8.71. The molecular formula is C15H14BrN3O3S. The molecule has 0 saturated heterocycles. The van der Waals surface area contributed by atoms with Gasteiger partial charge in [-0.3, -0.25) is 14.9 Å². The molecule has 6 nitrogen and oxygen atoms in total. The van der Waals surface area contributed by atoms with E-state index in [1.165, 1.54) is 17.4 Å². The number of nitro benzene ring substituents is 1. The number of hydrogen-bond acceptors (Lipinski definition) is 5. The maximum atomic E-state index is 12.2. The highest BCUT2D eigenvalue weighted by Gasteiger charge is 2.25. The molecule has 2 N–H and O–H groups in total. The summed E-state index contributed by atoms with van der Waals surface area (Å²) in [4.78, 5) is 23.9. The Labute approximate surface area is 145 Å². The normalized spacial score (nSPS) is 13.6. The van der Waals surface area contributed by atoms with Crippen molar-refractivity contribution in [2.24, 2.45) is 0 Å². The number of nitro groups is 1. The largest absolute Gasteiger partial charge is 0.377 e. The average Bonchev–Trinajstić information content (AvgIpc) is 3.24. The van der Waals surface area contributed by atoms with Gasteiger partial charge in [0, 0.05) is 22.5 Å². The molecule has 0 atom stereocenters. The van der Waals surface area contributed by atoms with E-state index in [9.17, 15) is 14.9 Å². The van der Waals surface area contributed by atoms with Crippen LogP contribution in [0.1, 0.15) is 28.1 Å². The van der Waals surface area contributed by atoms with Crippen molar-refractivity contribution in [3.63, 3.8) is 0 Å². The molecular weight excluding hydrogens is 382 g/mol. The summed E-state index contributed by atoms with van der Waals surface area (Å²) in [6.45, 7) is 0.394. The lowest BCUT2D eigenvalue weighted by Crippen LogP contribution is -2.22. The Balaban J connectivity index is 1.71. The second-order valence-electron chi connectivity index (χ2n) is 5.30. The van der Waals surface area contributed by atoms with E-state index in [-0.39, 0.29) is 17.2 Å². The topological polar surface area (TPSA) is 84.3 Å². The predicted octanol–water partition coefficient (Wildman–Crippen LogP) is 3.92. The van der Waals surface area contributed by atoms with Crippen molar-refractivity contribution >= 4 is 44.5 Å². The maximum absolute atomic E-state index is 12.2. The van der Waals surface area contributed by atoms with Crippen LogP contribution in [0.25, 0.3) is 0 Å². The van der Waals surface area contributed by atoms with Crippen molar-refractivity contribution in [1.29, 1.82) is 0 Å². The van der Waals surface area contributed by atoms with Gasteiger partial charge in [-0.05, 0) is 53.0 Å². The average molecular weight is 396 g/mol. The lowest BCUT2D eigenvalue weighted by Gasteiger charge is -2.08. The van der Waals surface area contributed by atoms with Crippen LogP contribution in [0.2, 0.25) is 0 Å². The molecule has 1 aromatic carbocycles. The first-order valence-electron chi connectivity index (χ1n) is 7.10. The van der Waals surface area contributed by atoms with Crippen LogP contribution < -0.4 is 10.6 Å². The van der Waals surface area contributed by atoms with Crippen molar-refractivity contribution < 1.29 is 9.72 Å². The van der Waals surface area contributed by atoms with Crippen molar-refractivity contribution in [2.45, 2.75) is 25.4 Å². The monoisotopic (exact) mass is 395 g/mol. The van der Waals surface area contributed by atoms with Crippen molar-refractivity contribution in [1.82, 2.24) is 5.32 Å². The molecule has 1 heterocycles. The molecule has 0 aliphatic heterocycles. The van der Waals surface area contributed by atoms with Crippen molar-refractivity contribution in [3.05, 3.63) is 54.7 Å². The summed E-state index contributed by atoms with van der Waals surface area (Å²) in [5, 5.41) is 17.1. The van der Waals surface area contributed by atoms with Gasteiger partial charge in [0.25, 0.3) is 11.6 Å². The number of halogens is 1. The molecule has 0 radical (unpaired) electrons. The molecule has 1 aromatic heterocycles. The van der Waals surface area contributed by atoms with Gasteiger partial charge < -0.3 is 10.6 Å². The van der Waals surface area contributed by atoms with Crippen LogP contribution in [-0.4, -0.2) is 16.9 Å². The van der Waals surface area contributed by atoms with Gasteiger partial charge in [0.1, 0.15) is 5.69 Å². The zero-order valence-electron chi connectivity index (χ0n) is 12.0. The first kappa shape index (κ1) is 15.9. The number of carbonyl (C=O) groups is 1. The number of rotatable bonds is 6. The van der Waals surface area contributed by atoms with Crippen LogP contribution in [0.3, 0.4) is 0 Å². The Morgan fingerprint density at radius 1 is 1.35 bits per heavy atom. The number of benzene rings is 1. The molecule has 8 heteroatoms. The van der Waals surface area contributed by atoms with Crippen LogP contribution in [0.4, 0.5) is 11.4 Å². The Kier molecular flexibility index (Phi) is 4.63. The summed E-state index contributed by atoms with van der Waals surface area (Å²) < 4.78 is 0.993. The Morgan fingerprint density at radius 2 is 2.13 bits per heavy atom. The van der Waals surface area contributed by atoms with Crippen LogP contribution in [-0.2, 0) is 6.54 Å². The van der Waals surface area contributed by atoms with Gasteiger partial charge in [0.05, 0.1) is 15.3 Å². The number of thiophene rings is 1. The van der Waals surface area contributed by atoms with E-state index < -0.39 is 4.92 Å². The minimum absolute atomic E-state index is 0.0663. The number of carbonyl (C=O) groups excluding carboxylic acids is 1. The zero-order chi connectivity index (χ0) is 16.4. The SMILES string of the molecule is O=C(NCc1ccc(Br)s1)c1ccc(NC2CC2)c([N+](=O)[O-])c1. The first-order chi connectivity index (χ1) is 11.0. The van der Waals surface area contributed by atoms with Gasteiger partial charge in [-0.25, -0.2) is 0 Å². The summed E-state index contributed by atoms with van der Waals surface area (Å²) in [5.41, 5.74) is 0.688. The summed E-state index contributed by atoms with van der Waals surface area (Å²) in [6.07, 6.45) is 2.05. The van der Waals surface area contributed by atoms with Crippen LogP contribution in [0.5, 0.6) is 0 Å². The number of nitrogens with zero attached hydrogens (tertiary/aromatic N) is 1. The Bertz CT molecular complexity index is 758. The lowest BCUT2D eigenvalue weighted by molar-refractivity contribution is -0.384. The molecule has 1 amide bonds. The third-order valence-electron chi connectivity index (χ3n) is 3.45. The smallest absolute Gasteiger partial charge is 0.293 e. The minimum atomic E-state index is -0.460. The van der Waals surface area contributed by atoms with Gasteiger partial charge in [-0.1, -0.05) is 0 Å². The molecule has 2 aromatic rings. The van der Waals surface area contributed by atoms with E-state index >= 15 is 0 Å². The lowest BCUT2D eigenvalue weighted by atomic mass is 10.1.